The molecule has 1 aromatic heterocycles. The monoisotopic (exact) mass is 288 g/mol. The zero-order valence-corrected chi connectivity index (χ0v) is 12.4. The molecule has 0 fully saturated rings. The molecule has 2 aromatic rings. The Hall–Kier alpha value is -1.87. The fourth-order valence-electron chi connectivity index (χ4n) is 2.06. The Bertz CT molecular complexity index is 599. The number of para-hydroxylation sites is 1. The first-order valence-corrected chi connectivity index (χ1v) is 7.06. The molecule has 20 heavy (non-hydrogen) atoms. The highest BCUT2D eigenvalue weighted by Crippen LogP contribution is 2.19. The Balaban J connectivity index is 2.36. The van der Waals surface area contributed by atoms with E-state index >= 15 is 0 Å². The second-order valence-corrected chi connectivity index (χ2v) is 4.80. The van der Waals surface area contributed by atoms with Crippen LogP contribution in [0.1, 0.15) is 29.9 Å². The molecule has 0 atom stereocenters. The maximum absolute atomic E-state index is 12.6. The van der Waals surface area contributed by atoms with Crippen molar-refractivity contribution < 1.29 is 4.79 Å². The van der Waals surface area contributed by atoms with Crippen LogP contribution in [0.5, 0.6) is 0 Å². The normalized spacial score (nSPS) is 10.3. The molecule has 0 unspecified atom stereocenters. The molecule has 0 N–H and O–H groups in total. The first-order valence-electron chi connectivity index (χ1n) is 6.69. The van der Waals surface area contributed by atoms with Crippen molar-refractivity contribution in [3.05, 3.63) is 58.9 Å². The first kappa shape index (κ1) is 14.5. The van der Waals surface area contributed by atoms with Crippen LogP contribution in [0, 0.1) is 0 Å². The topological polar surface area (TPSA) is 33.2 Å². The van der Waals surface area contributed by atoms with E-state index in [1.165, 1.54) is 0 Å². The molecule has 0 radical (unpaired) electrons. The highest BCUT2D eigenvalue weighted by atomic mass is 35.5. The number of pyridine rings is 1. The number of carbonyl (C=O) groups excluding carboxylic acids is 1. The Kier molecular flexibility index (Phi) is 4.74. The van der Waals surface area contributed by atoms with Crippen molar-refractivity contribution in [3.8, 4) is 0 Å². The number of aryl methyl sites for hydroxylation is 1. The van der Waals surface area contributed by atoms with Crippen molar-refractivity contribution in [2.45, 2.75) is 20.3 Å². The molecule has 0 spiro atoms. The van der Waals surface area contributed by atoms with Gasteiger partial charge in [-0.15, -0.1) is 0 Å². The number of halogens is 1. The Morgan fingerprint density at radius 2 is 1.90 bits per heavy atom. The summed E-state index contributed by atoms with van der Waals surface area (Å²) in [6, 6.07) is 13.0. The number of aromatic nitrogens is 1. The molecule has 2 rings (SSSR count). The van der Waals surface area contributed by atoms with E-state index in [1.807, 2.05) is 44.2 Å². The van der Waals surface area contributed by atoms with Gasteiger partial charge in [-0.2, -0.15) is 0 Å². The average Bonchev–Trinajstić information content (AvgIpc) is 2.48. The predicted molar refractivity (Wildman–Crippen MR) is 82.4 cm³/mol. The number of carbonyl (C=O) groups is 1. The molecule has 0 saturated heterocycles. The van der Waals surface area contributed by atoms with E-state index in [2.05, 4.69) is 4.98 Å². The maximum Gasteiger partial charge on any atom is 0.258 e. The van der Waals surface area contributed by atoms with Gasteiger partial charge in [0.05, 0.1) is 0 Å². The van der Waals surface area contributed by atoms with Gasteiger partial charge in [-0.05, 0) is 37.6 Å². The van der Waals surface area contributed by atoms with Gasteiger partial charge in [0.25, 0.3) is 5.91 Å². The van der Waals surface area contributed by atoms with Crippen LogP contribution in [-0.4, -0.2) is 17.4 Å². The summed E-state index contributed by atoms with van der Waals surface area (Å²) in [4.78, 5) is 18.6. The second-order valence-electron chi connectivity index (χ2n) is 4.41. The summed E-state index contributed by atoms with van der Waals surface area (Å²) in [7, 11) is 0. The summed E-state index contributed by atoms with van der Waals surface area (Å²) in [6.45, 7) is 4.54. The molecule has 1 heterocycles. The summed E-state index contributed by atoms with van der Waals surface area (Å²) < 4.78 is 0. The molecule has 3 nitrogen and oxygen atoms in total. The minimum absolute atomic E-state index is 0.0577. The van der Waals surface area contributed by atoms with Gasteiger partial charge in [0.1, 0.15) is 5.15 Å². The average molecular weight is 289 g/mol. The molecule has 1 amide bonds. The lowest BCUT2D eigenvalue weighted by atomic mass is 10.1. The largest absolute Gasteiger partial charge is 0.309 e. The fourth-order valence-corrected chi connectivity index (χ4v) is 2.29. The molecule has 104 valence electrons. The van der Waals surface area contributed by atoms with Gasteiger partial charge >= 0.3 is 0 Å². The van der Waals surface area contributed by atoms with Crippen molar-refractivity contribution in [3.63, 3.8) is 0 Å². The van der Waals surface area contributed by atoms with Gasteiger partial charge in [0.2, 0.25) is 0 Å². The van der Waals surface area contributed by atoms with Crippen LogP contribution in [0.3, 0.4) is 0 Å². The van der Waals surface area contributed by atoms with Gasteiger partial charge in [-0.25, -0.2) is 4.98 Å². The third kappa shape index (κ3) is 3.17. The van der Waals surface area contributed by atoms with Gasteiger partial charge in [0, 0.05) is 23.5 Å². The minimum Gasteiger partial charge on any atom is -0.309 e. The summed E-state index contributed by atoms with van der Waals surface area (Å²) in [5, 5.41) is 0.358. The molecule has 4 heteroatoms. The molecule has 0 bridgehead atoms. The number of nitrogens with zero attached hydrogens (tertiary/aromatic N) is 2. The van der Waals surface area contributed by atoms with Crippen LogP contribution >= 0.6 is 11.6 Å². The van der Waals surface area contributed by atoms with Crippen LogP contribution in [0.25, 0.3) is 0 Å². The highest BCUT2D eigenvalue weighted by Gasteiger charge is 2.17. The van der Waals surface area contributed by atoms with Crippen LogP contribution < -0.4 is 4.90 Å². The highest BCUT2D eigenvalue weighted by molar-refractivity contribution is 6.29. The van der Waals surface area contributed by atoms with E-state index in [0.717, 1.165) is 17.8 Å². The zero-order valence-electron chi connectivity index (χ0n) is 11.6. The Morgan fingerprint density at radius 3 is 2.50 bits per heavy atom. The Labute approximate surface area is 124 Å². The van der Waals surface area contributed by atoms with Gasteiger partial charge in [-0.1, -0.05) is 36.7 Å². The maximum atomic E-state index is 12.6. The summed E-state index contributed by atoms with van der Waals surface area (Å²) in [5.74, 6) is -0.0577. The minimum atomic E-state index is -0.0577. The van der Waals surface area contributed by atoms with E-state index in [9.17, 15) is 4.79 Å². The van der Waals surface area contributed by atoms with Crippen molar-refractivity contribution in [1.82, 2.24) is 4.98 Å². The lowest BCUT2D eigenvalue weighted by molar-refractivity contribution is 0.0988. The number of rotatable bonds is 4. The van der Waals surface area contributed by atoms with Crippen molar-refractivity contribution >= 4 is 23.2 Å². The van der Waals surface area contributed by atoms with Crippen molar-refractivity contribution in [2.75, 3.05) is 11.4 Å². The molecule has 0 aliphatic heterocycles. The van der Waals surface area contributed by atoms with Crippen molar-refractivity contribution in [2.24, 2.45) is 0 Å². The van der Waals surface area contributed by atoms with E-state index in [1.54, 1.807) is 17.0 Å². The van der Waals surface area contributed by atoms with Crippen LogP contribution in [0.2, 0.25) is 5.15 Å². The first-order chi connectivity index (χ1) is 9.65. The van der Waals surface area contributed by atoms with E-state index in [0.29, 0.717) is 17.3 Å². The van der Waals surface area contributed by atoms with Gasteiger partial charge in [-0.3, -0.25) is 4.79 Å². The Morgan fingerprint density at radius 1 is 1.20 bits per heavy atom. The van der Waals surface area contributed by atoms with Gasteiger partial charge in [0.15, 0.2) is 0 Å². The number of amides is 1. The lowest BCUT2D eigenvalue weighted by Gasteiger charge is -2.21. The smallest absolute Gasteiger partial charge is 0.258 e. The van der Waals surface area contributed by atoms with Crippen LogP contribution in [0.4, 0.5) is 5.69 Å². The molecule has 1 aromatic carbocycles. The van der Waals surface area contributed by atoms with Crippen molar-refractivity contribution in [1.29, 1.82) is 0 Å². The number of hydrogen-bond donors (Lipinski definition) is 0. The molecular formula is C16H17ClN2O. The number of benzene rings is 1. The van der Waals surface area contributed by atoms with E-state index in [-0.39, 0.29) is 5.91 Å². The number of hydrogen-bond acceptors (Lipinski definition) is 2. The summed E-state index contributed by atoms with van der Waals surface area (Å²) in [6.07, 6.45) is 0.748. The van der Waals surface area contributed by atoms with Crippen LogP contribution in [0.15, 0.2) is 42.5 Å². The molecule has 0 saturated carbocycles. The predicted octanol–water partition coefficient (Wildman–Crippen LogP) is 3.96. The molecule has 0 aliphatic rings. The molecular weight excluding hydrogens is 272 g/mol. The molecule has 0 aliphatic carbocycles. The third-order valence-corrected chi connectivity index (χ3v) is 3.28. The third-order valence-electron chi connectivity index (χ3n) is 3.09. The summed E-state index contributed by atoms with van der Waals surface area (Å²) >= 11 is 5.98. The lowest BCUT2D eigenvalue weighted by Crippen LogP contribution is -2.30. The summed E-state index contributed by atoms with van der Waals surface area (Å²) in [5.41, 5.74) is 2.28. The SMILES string of the molecule is CCc1cc(C(=O)N(CC)c2ccccc2)cc(Cl)n1. The quantitative estimate of drug-likeness (QED) is 0.798. The fraction of sp³-hybridized carbons (Fsp3) is 0.250. The van der Waals surface area contributed by atoms with E-state index in [4.69, 9.17) is 11.6 Å². The van der Waals surface area contributed by atoms with Crippen LogP contribution in [-0.2, 0) is 6.42 Å². The second kappa shape index (κ2) is 6.53. The standard InChI is InChI=1S/C16H17ClN2O/c1-3-13-10-12(11-15(17)18-13)16(20)19(4-2)14-8-6-5-7-9-14/h5-11H,3-4H2,1-2H3. The zero-order chi connectivity index (χ0) is 14.5. The number of anilines is 1. The van der Waals surface area contributed by atoms with E-state index < -0.39 is 0 Å². The van der Waals surface area contributed by atoms with Gasteiger partial charge < -0.3 is 4.90 Å².